The average molecular weight is 333 g/mol. The van der Waals surface area contributed by atoms with Gasteiger partial charge in [-0.2, -0.15) is 0 Å². The first-order chi connectivity index (χ1) is 11.5. The third-order valence-corrected chi connectivity index (χ3v) is 4.12. The van der Waals surface area contributed by atoms with Gasteiger partial charge in [0.1, 0.15) is 0 Å². The van der Waals surface area contributed by atoms with Crippen molar-refractivity contribution in [2.24, 2.45) is 5.92 Å². The van der Waals surface area contributed by atoms with Gasteiger partial charge in [-0.1, -0.05) is 19.9 Å². The highest BCUT2D eigenvalue weighted by Gasteiger charge is 2.21. The first-order valence-electron chi connectivity index (χ1n) is 8.50. The second-order valence-electron chi connectivity index (χ2n) is 6.45. The molecule has 2 N–H and O–H groups in total. The van der Waals surface area contributed by atoms with Crippen molar-refractivity contribution in [3.8, 4) is 0 Å². The Morgan fingerprint density at radius 3 is 2.62 bits per heavy atom. The molecule has 1 aliphatic heterocycles. The average Bonchev–Trinajstić information content (AvgIpc) is 2.56. The summed E-state index contributed by atoms with van der Waals surface area (Å²) < 4.78 is 5.29. The number of rotatable bonds is 5. The molecule has 2 rings (SSSR count). The van der Waals surface area contributed by atoms with E-state index in [-0.39, 0.29) is 11.9 Å². The molecule has 6 nitrogen and oxygen atoms in total. The second-order valence-corrected chi connectivity index (χ2v) is 6.45. The van der Waals surface area contributed by atoms with Crippen LogP contribution in [-0.2, 0) is 4.74 Å². The van der Waals surface area contributed by atoms with Gasteiger partial charge in [0.25, 0.3) is 5.91 Å². The molecule has 1 aromatic rings. The van der Waals surface area contributed by atoms with E-state index in [1.165, 1.54) is 0 Å². The number of hydrogen-bond acceptors (Lipinski definition) is 3. The molecule has 3 amide bonds. The third kappa shape index (κ3) is 4.96. The highest BCUT2D eigenvalue weighted by Crippen LogP contribution is 2.21. The van der Waals surface area contributed by atoms with E-state index in [0.29, 0.717) is 50.0 Å². The number of anilines is 1. The molecule has 0 radical (unpaired) electrons. The summed E-state index contributed by atoms with van der Waals surface area (Å²) in [5.41, 5.74) is 2.07. The van der Waals surface area contributed by atoms with Gasteiger partial charge < -0.3 is 20.3 Å². The predicted molar refractivity (Wildman–Crippen MR) is 94.4 cm³/mol. The lowest BCUT2D eigenvalue weighted by Crippen LogP contribution is -2.41. The summed E-state index contributed by atoms with van der Waals surface area (Å²) in [4.78, 5) is 26.4. The van der Waals surface area contributed by atoms with Crippen LogP contribution in [0.1, 0.15) is 36.2 Å². The second kappa shape index (κ2) is 8.68. The quantitative estimate of drug-likeness (QED) is 0.870. The Hall–Kier alpha value is -2.08. The highest BCUT2D eigenvalue weighted by atomic mass is 16.5. The minimum absolute atomic E-state index is 0.0142. The minimum Gasteiger partial charge on any atom is -0.378 e. The summed E-state index contributed by atoms with van der Waals surface area (Å²) >= 11 is 0. The summed E-state index contributed by atoms with van der Waals surface area (Å²) in [6.45, 7) is 9.07. The number of morpholine rings is 1. The van der Waals surface area contributed by atoms with Crippen molar-refractivity contribution in [3.63, 3.8) is 0 Å². The van der Waals surface area contributed by atoms with Crippen molar-refractivity contribution >= 4 is 17.6 Å². The maximum absolute atomic E-state index is 12.6. The molecule has 1 aliphatic rings. The van der Waals surface area contributed by atoms with Gasteiger partial charge in [0, 0.05) is 30.9 Å². The largest absolute Gasteiger partial charge is 0.378 e. The molecule has 0 aromatic heterocycles. The molecule has 0 aliphatic carbocycles. The van der Waals surface area contributed by atoms with Crippen LogP contribution in [0.25, 0.3) is 0 Å². The smallest absolute Gasteiger partial charge is 0.319 e. The fourth-order valence-corrected chi connectivity index (χ4v) is 2.58. The maximum Gasteiger partial charge on any atom is 0.319 e. The Kier molecular flexibility index (Phi) is 6.61. The summed E-state index contributed by atoms with van der Waals surface area (Å²) in [7, 11) is 0. The predicted octanol–water partition coefficient (Wildman–Crippen LogP) is 2.64. The van der Waals surface area contributed by atoms with Crippen LogP contribution >= 0.6 is 0 Å². The summed E-state index contributed by atoms with van der Waals surface area (Å²) in [6, 6.07) is 5.17. The van der Waals surface area contributed by atoms with E-state index in [9.17, 15) is 9.59 Å². The first-order valence-corrected chi connectivity index (χ1v) is 8.50. The Bertz CT molecular complexity index is 581. The molecule has 0 bridgehead atoms. The lowest BCUT2D eigenvalue weighted by molar-refractivity contribution is 0.0302. The van der Waals surface area contributed by atoms with Crippen LogP contribution in [0.5, 0.6) is 0 Å². The lowest BCUT2D eigenvalue weighted by atomic mass is 10.1. The number of urea groups is 1. The van der Waals surface area contributed by atoms with Gasteiger partial charge in [0.2, 0.25) is 0 Å². The molecule has 0 atom stereocenters. The number of carbonyl (C=O) groups is 2. The van der Waals surface area contributed by atoms with Crippen LogP contribution in [0.4, 0.5) is 10.5 Å². The third-order valence-electron chi connectivity index (χ3n) is 4.12. The van der Waals surface area contributed by atoms with E-state index >= 15 is 0 Å². The van der Waals surface area contributed by atoms with Gasteiger partial charge in [-0.15, -0.1) is 0 Å². The molecule has 24 heavy (non-hydrogen) atoms. The van der Waals surface area contributed by atoms with E-state index in [1.54, 1.807) is 17.0 Å². The molecule has 0 saturated carbocycles. The lowest BCUT2D eigenvalue weighted by Gasteiger charge is -2.27. The highest BCUT2D eigenvalue weighted by molar-refractivity contribution is 5.99. The Morgan fingerprint density at radius 2 is 1.96 bits per heavy atom. The SMILES string of the molecule is Cc1c(NC(=O)NCCC(C)C)cccc1C(=O)N1CCOCC1. The molecule has 0 spiro atoms. The number of carbonyl (C=O) groups excluding carboxylic acids is 2. The molecular weight excluding hydrogens is 306 g/mol. The van der Waals surface area contributed by atoms with Crippen LogP contribution in [-0.4, -0.2) is 49.7 Å². The minimum atomic E-state index is -0.241. The fourth-order valence-electron chi connectivity index (χ4n) is 2.58. The van der Waals surface area contributed by atoms with Gasteiger partial charge in [-0.3, -0.25) is 4.79 Å². The molecule has 1 saturated heterocycles. The van der Waals surface area contributed by atoms with Crippen molar-refractivity contribution in [1.29, 1.82) is 0 Å². The number of ether oxygens (including phenoxy) is 1. The van der Waals surface area contributed by atoms with Crippen molar-refractivity contribution in [2.45, 2.75) is 27.2 Å². The van der Waals surface area contributed by atoms with Gasteiger partial charge in [-0.05, 0) is 37.0 Å². The molecule has 1 heterocycles. The fraction of sp³-hybridized carbons (Fsp3) is 0.556. The van der Waals surface area contributed by atoms with Gasteiger partial charge in [0.05, 0.1) is 13.2 Å². The van der Waals surface area contributed by atoms with Crippen LogP contribution in [0, 0.1) is 12.8 Å². The van der Waals surface area contributed by atoms with E-state index in [0.717, 1.165) is 12.0 Å². The number of hydrogen-bond donors (Lipinski definition) is 2. The molecule has 1 aromatic carbocycles. The van der Waals surface area contributed by atoms with E-state index in [2.05, 4.69) is 24.5 Å². The molecule has 132 valence electrons. The first kappa shape index (κ1) is 18.3. The Labute approximate surface area is 143 Å². The van der Waals surface area contributed by atoms with E-state index in [4.69, 9.17) is 4.74 Å². The number of amides is 3. The van der Waals surface area contributed by atoms with Crippen molar-refractivity contribution < 1.29 is 14.3 Å². The van der Waals surface area contributed by atoms with E-state index in [1.807, 2.05) is 13.0 Å². The zero-order chi connectivity index (χ0) is 17.5. The number of nitrogens with one attached hydrogen (secondary N) is 2. The van der Waals surface area contributed by atoms with Crippen LogP contribution in [0.2, 0.25) is 0 Å². The molecule has 6 heteroatoms. The van der Waals surface area contributed by atoms with Crippen LogP contribution in [0.3, 0.4) is 0 Å². The summed E-state index contributed by atoms with van der Waals surface area (Å²) in [5.74, 6) is 0.529. The molecule has 0 unspecified atom stereocenters. The topological polar surface area (TPSA) is 70.7 Å². The zero-order valence-electron chi connectivity index (χ0n) is 14.7. The van der Waals surface area contributed by atoms with Crippen molar-refractivity contribution in [2.75, 3.05) is 38.2 Å². The maximum atomic E-state index is 12.6. The van der Waals surface area contributed by atoms with Crippen molar-refractivity contribution in [1.82, 2.24) is 10.2 Å². The van der Waals surface area contributed by atoms with Gasteiger partial charge >= 0.3 is 6.03 Å². The normalized spacial score (nSPS) is 14.6. The molecule has 1 fully saturated rings. The van der Waals surface area contributed by atoms with E-state index < -0.39 is 0 Å². The Balaban J connectivity index is 2.01. The number of nitrogens with zero attached hydrogens (tertiary/aromatic N) is 1. The zero-order valence-corrected chi connectivity index (χ0v) is 14.7. The van der Waals surface area contributed by atoms with Crippen molar-refractivity contribution in [3.05, 3.63) is 29.3 Å². The van der Waals surface area contributed by atoms with Crippen LogP contribution in [0.15, 0.2) is 18.2 Å². The summed E-state index contributed by atoms with van der Waals surface area (Å²) in [6.07, 6.45) is 0.932. The van der Waals surface area contributed by atoms with Gasteiger partial charge in [-0.25, -0.2) is 4.79 Å². The number of benzene rings is 1. The molecular formula is C18H27N3O3. The standard InChI is InChI=1S/C18H27N3O3/c1-13(2)7-8-19-18(23)20-16-6-4-5-15(14(16)3)17(22)21-9-11-24-12-10-21/h4-6,13H,7-12H2,1-3H3,(H2,19,20,23). The Morgan fingerprint density at radius 1 is 1.25 bits per heavy atom. The monoisotopic (exact) mass is 333 g/mol. The van der Waals surface area contributed by atoms with Gasteiger partial charge in [0.15, 0.2) is 0 Å². The summed E-state index contributed by atoms with van der Waals surface area (Å²) in [5, 5.41) is 5.68. The van der Waals surface area contributed by atoms with Crippen LogP contribution < -0.4 is 10.6 Å².